The van der Waals surface area contributed by atoms with E-state index < -0.39 is 0 Å². The summed E-state index contributed by atoms with van der Waals surface area (Å²) in [4.78, 5) is 25.6. The van der Waals surface area contributed by atoms with Gasteiger partial charge in [0.2, 0.25) is 5.91 Å². The number of primary amides is 1. The minimum Gasteiger partial charge on any atom is -0.490 e. The molecule has 2 N–H and O–H groups in total. The normalized spacial score (nSPS) is 15.6. The molecule has 2 amide bonds. The van der Waals surface area contributed by atoms with Crippen LogP contribution < -0.4 is 10.5 Å². The summed E-state index contributed by atoms with van der Waals surface area (Å²) in [7, 11) is 1.60. The van der Waals surface area contributed by atoms with Crippen molar-refractivity contribution in [3.05, 3.63) is 29.8 Å². The number of likely N-dealkylation sites (tertiary alicyclic amines) is 1. The first-order chi connectivity index (χ1) is 10.6. The number of hydrogen-bond acceptors (Lipinski definition) is 4. The maximum atomic E-state index is 12.6. The largest absolute Gasteiger partial charge is 0.490 e. The molecule has 0 saturated carbocycles. The lowest BCUT2D eigenvalue weighted by Gasteiger charge is -2.31. The van der Waals surface area contributed by atoms with Crippen molar-refractivity contribution >= 4 is 11.8 Å². The Hall–Kier alpha value is -2.08. The molecule has 2 rings (SSSR count). The molecule has 1 heterocycles. The number of amides is 2. The van der Waals surface area contributed by atoms with Crippen molar-refractivity contribution in [2.75, 3.05) is 33.4 Å². The highest BCUT2D eigenvalue weighted by Gasteiger charge is 2.27. The Labute approximate surface area is 130 Å². The van der Waals surface area contributed by atoms with Crippen molar-refractivity contribution in [3.63, 3.8) is 0 Å². The Bertz CT molecular complexity index is 525. The van der Waals surface area contributed by atoms with Gasteiger partial charge in [0, 0.05) is 26.1 Å². The summed E-state index contributed by atoms with van der Waals surface area (Å²) >= 11 is 0. The molecule has 1 fully saturated rings. The number of methoxy groups -OCH3 is 1. The second-order valence-corrected chi connectivity index (χ2v) is 5.31. The Morgan fingerprint density at radius 2 is 1.91 bits per heavy atom. The van der Waals surface area contributed by atoms with Crippen molar-refractivity contribution in [2.24, 2.45) is 11.7 Å². The van der Waals surface area contributed by atoms with Crippen LogP contribution in [0.5, 0.6) is 5.75 Å². The number of carbonyl (C=O) groups excluding carboxylic acids is 2. The van der Waals surface area contributed by atoms with Crippen LogP contribution in [0.4, 0.5) is 0 Å². The Kier molecular flexibility index (Phi) is 5.77. The molecular formula is C16H22N2O4. The maximum absolute atomic E-state index is 12.6. The summed E-state index contributed by atoms with van der Waals surface area (Å²) < 4.78 is 10.6. The monoisotopic (exact) mass is 306 g/mol. The molecular weight excluding hydrogens is 284 g/mol. The molecule has 1 saturated heterocycles. The third-order valence-electron chi connectivity index (χ3n) is 3.85. The van der Waals surface area contributed by atoms with E-state index in [1.807, 2.05) is 12.1 Å². The first kappa shape index (κ1) is 16.3. The molecule has 0 bridgehead atoms. The molecule has 0 atom stereocenters. The molecule has 6 heteroatoms. The molecule has 0 aliphatic carbocycles. The summed E-state index contributed by atoms with van der Waals surface area (Å²) in [6, 6.07) is 7.18. The molecule has 0 aromatic heterocycles. The van der Waals surface area contributed by atoms with Crippen LogP contribution in [0, 0.1) is 5.92 Å². The molecule has 1 aliphatic rings. The van der Waals surface area contributed by atoms with Crippen molar-refractivity contribution in [2.45, 2.75) is 12.8 Å². The second-order valence-electron chi connectivity index (χ2n) is 5.31. The van der Waals surface area contributed by atoms with E-state index in [4.69, 9.17) is 15.2 Å². The number of nitrogens with two attached hydrogens (primary N) is 1. The van der Waals surface area contributed by atoms with Crippen LogP contribution in [-0.2, 0) is 9.53 Å². The lowest BCUT2D eigenvalue weighted by Crippen LogP contribution is -2.41. The number of para-hydroxylation sites is 1. The van der Waals surface area contributed by atoms with Crippen LogP contribution in [-0.4, -0.2) is 50.1 Å². The van der Waals surface area contributed by atoms with E-state index in [-0.39, 0.29) is 17.7 Å². The van der Waals surface area contributed by atoms with Gasteiger partial charge >= 0.3 is 0 Å². The number of ether oxygens (including phenoxy) is 2. The van der Waals surface area contributed by atoms with Gasteiger partial charge in [-0.15, -0.1) is 0 Å². The lowest BCUT2D eigenvalue weighted by atomic mass is 9.96. The standard InChI is InChI=1S/C16H22N2O4/c1-21-10-11-22-14-5-3-2-4-13(14)16(20)18-8-6-12(7-9-18)15(17)19/h2-5,12H,6-11H2,1H3,(H2,17,19). The van der Waals surface area contributed by atoms with Gasteiger partial charge in [0.15, 0.2) is 0 Å². The van der Waals surface area contributed by atoms with Gasteiger partial charge in [-0.3, -0.25) is 9.59 Å². The van der Waals surface area contributed by atoms with Gasteiger partial charge in [0.1, 0.15) is 12.4 Å². The van der Waals surface area contributed by atoms with E-state index in [1.165, 1.54) is 0 Å². The number of carbonyl (C=O) groups is 2. The average molecular weight is 306 g/mol. The minimum absolute atomic E-state index is 0.0732. The van der Waals surface area contributed by atoms with Gasteiger partial charge in [0.05, 0.1) is 12.2 Å². The molecule has 0 unspecified atom stereocenters. The SMILES string of the molecule is COCCOc1ccccc1C(=O)N1CCC(C(N)=O)CC1. The third-order valence-corrected chi connectivity index (χ3v) is 3.85. The molecule has 0 radical (unpaired) electrons. The molecule has 0 spiro atoms. The number of rotatable bonds is 6. The molecule has 120 valence electrons. The van der Waals surface area contributed by atoms with Crippen LogP contribution in [0.3, 0.4) is 0 Å². The van der Waals surface area contributed by atoms with Gasteiger partial charge < -0.3 is 20.1 Å². The Morgan fingerprint density at radius 3 is 2.55 bits per heavy atom. The predicted molar refractivity (Wildman–Crippen MR) is 81.6 cm³/mol. The first-order valence-corrected chi connectivity index (χ1v) is 7.43. The van der Waals surface area contributed by atoms with E-state index in [0.29, 0.717) is 50.5 Å². The lowest BCUT2D eigenvalue weighted by molar-refractivity contribution is -0.123. The number of hydrogen-bond donors (Lipinski definition) is 1. The highest BCUT2D eigenvalue weighted by Crippen LogP contribution is 2.23. The summed E-state index contributed by atoms with van der Waals surface area (Å²) in [5.41, 5.74) is 5.86. The Balaban J connectivity index is 2.02. The van der Waals surface area contributed by atoms with Crippen LogP contribution >= 0.6 is 0 Å². The zero-order valence-electron chi connectivity index (χ0n) is 12.8. The highest BCUT2D eigenvalue weighted by atomic mass is 16.5. The van der Waals surface area contributed by atoms with E-state index in [9.17, 15) is 9.59 Å². The van der Waals surface area contributed by atoms with E-state index in [2.05, 4.69) is 0 Å². The molecule has 1 aromatic rings. The van der Waals surface area contributed by atoms with Crippen LogP contribution in [0.2, 0.25) is 0 Å². The predicted octanol–water partition coefficient (Wildman–Crippen LogP) is 1.05. The highest BCUT2D eigenvalue weighted by molar-refractivity contribution is 5.97. The molecule has 1 aromatic carbocycles. The number of nitrogens with zero attached hydrogens (tertiary/aromatic N) is 1. The molecule has 6 nitrogen and oxygen atoms in total. The van der Waals surface area contributed by atoms with Gasteiger partial charge in [-0.2, -0.15) is 0 Å². The zero-order chi connectivity index (χ0) is 15.9. The summed E-state index contributed by atoms with van der Waals surface area (Å²) in [5, 5.41) is 0. The number of piperidine rings is 1. The zero-order valence-corrected chi connectivity index (χ0v) is 12.8. The fourth-order valence-corrected chi connectivity index (χ4v) is 2.54. The van der Waals surface area contributed by atoms with Crippen molar-refractivity contribution in [3.8, 4) is 5.75 Å². The van der Waals surface area contributed by atoms with Crippen LogP contribution in [0.25, 0.3) is 0 Å². The third kappa shape index (κ3) is 3.98. The Morgan fingerprint density at radius 1 is 1.23 bits per heavy atom. The molecule has 1 aliphatic heterocycles. The van der Waals surface area contributed by atoms with Gasteiger partial charge in [-0.1, -0.05) is 12.1 Å². The fourth-order valence-electron chi connectivity index (χ4n) is 2.54. The average Bonchev–Trinajstić information content (AvgIpc) is 2.55. The molecule has 22 heavy (non-hydrogen) atoms. The van der Waals surface area contributed by atoms with Crippen LogP contribution in [0.1, 0.15) is 23.2 Å². The van der Waals surface area contributed by atoms with E-state index in [0.717, 1.165) is 0 Å². The summed E-state index contributed by atoms with van der Waals surface area (Å²) in [5.74, 6) is 0.0742. The minimum atomic E-state index is -0.282. The topological polar surface area (TPSA) is 81.9 Å². The van der Waals surface area contributed by atoms with E-state index >= 15 is 0 Å². The summed E-state index contributed by atoms with van der Waals surface area (Å²) in [6.45, 7) is 1.94. The van der Waals surface area contributed by atoms with Crippen molar-refractivity contribution in [1.82, 2.24) is 4.90 Å². The summed E-state index contributed by atoms with van der Waals surface area (Å²) in [6.07, 6.45) is 1.24. The van der Waals surface area contributed by atoms with E-state index in [1.54, 1.807) is 24.1 Å². The fraction of sp³-hybridized carbons (Fsp3) is 0.500. The van der Waals surface area contributed by atoms with Gasteiger partial charge in [-0.05, 0) is 25.0 Å². The van der Waals surface area contributed by atoms with Crippen molar-refractivity contribution in [1.29, 1.82) is 0 Å². The van der Waals surface area contributed by atoms with Crippen molar-refractivity contribution < 1.29 is 19.1 Å². The maximum Gasteiger partial charge on any atom is 0.257 e. The number of benzene rings is 1. The smallest absolute Gasteiger partial charge is 0.257 e. The van der Waals surface area contributed by atoms with Crippen LogP contribution in [0.15, 0.2) is 24.3 Å². The second kappa shape index (κ2) is 7.79. The first-order valence-electron chi connectivity index (χ1n) is 7.43. The van der Waals surface area contributed by atoms with Gasteiger partial charge in [0.25, 0.3) is 5.91 Å². The quantitative estimate of drug-likeness (QED) is 0.796. The van der Waals surface area contributed by atoms with Gasteiger partial charge in [-0.25, -0.2) is 0 Å².